The Morgan fingerprint density at radius 1 is 1.07 bits per heavy atom. The van der Waals surface area contributed by atoms with E-state index in [4.69, 9.17) is 33.2 Å². The Morgan fingerprint density at radius 2 is 1.74 bits per heavy atom. The quantitative estimate of drug-likeness (QED) is 0.262. The number of unbranched alkanes of at least 4 members (excludes halogenated alkanes) is 1. The number of carbonyl (C=O) groups is 1. The normalized spacial score (nSPS) is 11.3. The van der Waals surface area contributed by atoms with Gasteiger partial charge in [0.15, 0.2) is 0 Å². The SMILES string of the molecule is Cl.Cl.O=C(O)C(CCCCB(O)O)CCCNCCc1ccc(Cl)cc1Cl. The lowest BCUT2D eigenvalue weighted by molar-refractivity contribution is -0.142. The van der Waals surface area contributed by atoms with Gasteiger partial charge in [0, 0.05) is 10.0 Å². The number of hydrogen-bond acceptors (Lipinski definition) is 4. The van der Waals surface area contributed by atoms with Crippen LogP contribution in [0.5, 0.6) is 0 Å². The van der Waals surface area contributed by atoms with Crippen LogP contribution >= 0.6 is 48.0 Å². The second kappa shape index (κ2) is 16.7. The van der Waals surface area contributed by atoms with E-state index in [0.29, 0.717) is 42.0 Å². The van der Waals surface area contributed by atoms with Crippen LogP contribution in [0.25, 0.3) is 0 Å². The van der Waals surface area contributed by atoms with Crippen molar-refractivity contribution in [1.82, 2.24) is 5.32 Å². The van der Waals surface area contributed by atoms with Crippen molar-refractivity contribution in [2.24, 2.45) is 5.92 Å². The minimum absolute atomic E-state index is 0. The summed E-state index contributed by atoms with van der Waals surface area (Å²) in [6.45, 7) is 1.53. The van der Waals surface area contributed by atoms with E-state index in [1.807, 2.05) is 12.1 Å². The number of carboxylic acid groups (broad SMARTS) is 1. The molecule has 1 rings (SSSR count). The highest BCUT2D eigenvalue weighted by molar-refractivity contribution is 6.40. The van der Waals surface area contributed by atoms with E-state index in [-0.39, 0.29) is 30.7 Å². The van der Waals surface area contributed by atoms with Crippen LogP contribution in [0.2, 0.25) is 16.4 Å². The number of benzene rings is 1. The number of nitrogens with one attached hydrogen (secondary N) is 1. The topological polar surface area (TPSA) is 89.8 Å². The smallest absolute Gasteiger partial charge is 0.451 e. The van der Waals surface area contributed by atoms with Gasteiger partial charge in [-0.15, -0.1) is 24.8 Å². The zero-order chi connectivity index (χ0) is 18.7. The Labute approximate surface area is 183 Å². The molecule has 0 fully saturated rings. The van der Waals surface area contributed by atoms with Crippen LogP contribution in [0, 0.1) is 5.92 Å². The summed E-state index contributed by atoms with van der Waals surface area (Å²) >= 11 is 12.0. The minimum Gasteiger partial charge on any atom is -0.481 e. The first-order valence-corrected chi connectivity index (χ1v) is 9.39. The first-order chi connectivity index (χ1) is 11.9. The Hall–Kier alpha value is -0.205. The maximum atomic E-state index is 11.3. The van der Waals surface area contributed by atoms with Gasteiger partial charge in [0.05, 0.1) is 5.92 Å². The van der Waals surface area contributed by atoms with Gasteiger partial charge in [0.1, 0.15) is 0 Å². The van der Waals surface area contributed by atoms with Crippen molar-refractivity contribution >= 4 is 61.1 Å². The molecule has 4 N–H and O–H groups in total. The van der Waals surface area contributed by atoms with Crippen LogP contribution in [-0.4, -0.2) is 41.3 Å². The monoisotopic (exact) mass is 461 g/mol. The summed E-state index contributed by atoms with van der Waals surface area (Å²) in [5.74, 6) is -1.15. The Morgan fingerprint density at radius 3 is 2.33 bits per heavy atom. The van der Waals surface area contributed by atoms with Gasteiger partial charge in [0.2, 0.25) is 0 Å². The molecule has 10 heteroatoms. The van der Waals surface area contributed by atoms with Crippen molar-refractivity contribution < 1.29 is 19.9 Å². The van der Waals surface area contributed by atoms with Crippen molar-refractivity contribution in [3.05, 3.63) is 33.8 Å². The molecule has 0 aliphatic rings. The minimum atomic E-state index is -1.30. The second-order valence-electron chi connectivity index (χ2n) is 6.18. The molecule has 27 heavy (non-hydrogen) atoms. The fraction of sp³-hybridized carbons (Fsp3) is 0.588. The lowest BCUT2D eigenvalue weighted by Gasteiger charge is -2.12. The van der Waals surface area contributed by atoms with Crippen LogP contribution < -0.4 is 5.32 Å². The van der Waals surface area contributed by atoms with E-state index in [0.717, 1.165) is 31.5 Å². The highest BCUT2D eigenvalue weighted by Gasteiger charge is 2.17. The summed E-state index contributed by atoms with van der Waals surface area (Å²) < 4.78 is 0. The van der Waals surface area contributed by atoms with Crippen LogP contribution in [-0.2, 0) is 11.2 Å². The van der Waals surface area contributed by atoms with E-state index >= 15 is 0 Å². The van der Waals surface area contributed by atoms with Crippen molar-refractivity contribution in [1.29, 1.82) is 0 Å². The van der Waals surface area contributed by atoms with E-state index in [1.165, 1.54) is 0 Å². The highest BCUT2D eigenvalue weighted by Crippen LogP contribution is 2.21. The average Bonchev–Trinajstić information content (AvgIpc) is 2.53. The van der Waals surface area contributed by atoms with Crippen molar-refractivity contribution in [3.63, 3.8) is 0 Å². The van der Waals surface area contributed by atoms with Crippen molar-refractivity contribution in [2.75, 3.05) is 13.1 Å². The summed E-state index contributed by atoms with van der Waals surface area (Å²) in [4.78, 5) is 11.3. The van der Waals surface area contributed by atoms with E-state index < -0.39 is 13.1 Å². The molecule has 0 aliphatic carbocycles. The molecule has 1 atom stereocenters. The van der Waals surface area contributed by atoms with Gasteiger partial charge in [-0.3, -0.25) is 4.79 Å². The molecule has 0 radical (unpaired) electrons. The fourth-order valence-corrected chi connectivity index (χ4v) is 3.16. The third kappa shape index (κ3) is 13.6. The summed E-state index contributed by atoms with van der Waals surface area (Å²) in [6, 6.07) is 5.46. The first kappa shape index (κ1) is 29.0. The van der Waals surface area contributed by atoms with Gasteiger partial charge >= 0.3 is 13.1 Å². The van der Waals surface area contributed by atoms with E-state index in [9.17, 15) is 9.90 Å². The van der Waals surface area contributed by atoms with Gasteiger partial charge < -0.3 is 20.5 Å². The standard InChI is InChI=1S/C17H26BCl2NO4.2ClH/c19-15-7-6-13(16(20)12-15)8-11-21-10-3-5-14(17(22)23)4-1-2-9-18(24)25;;/h6-7,12,14,21,24-25H,1-5,8-11H2,(H,22,23);2*1H. The third-order valence-electron chi connectivity index (χ3n) is 4.11. The average molecular weight is 463 g/mol. The van der Waals surface area contributed by atoms with E-state index in [1.54, 1.807) is 6.07 Å². The maximum Gasteiger partial charge on any atom is 0.451 e. The molecule has 1 aromatic carbocycles. The summed E-state index contributed by atoms with van der Waals surface area (Å²) in [5.41, 5.74) is 1.04. The number of hydrogen-bond donors (Lipinski definition) is 4. The molecule has 156 valence electrons. The summed E-state index contributed by atoms with van der Waals surface area (Å²) in [7, 11) is -1.30. The molecular weight excluding hydrogens is 435 g/mol. The summed E-state index contributed by atoms with van der Waals surface area (Å²) in [5, 5.41) is 31.4. The lowest BCUT2D eigenvalue weighted by atomic mass is 9.82. The van der Waals surface area contributed by atoms with Gasteiger partial charge in [-0.25, -0.2) is 0 Å². The number of carboxylic acids is 1. The van der Waals surface area contributed by atoms with Gasteiger partial charge in [0.25, 0.3) is 0 Å². The molecule has 0 saturated carbocycles. The maximum absolute atomic E-state index is 11.3. The van der Waals surface area contributed by atoms with Crippen LogP contribution in [0.4, 0.5) is 0 Å². The lowest BCUT2D eigenvalue weighted by Crippen LogP contribution is -2.21. The Kier molecular flexibility index (Phi) is 18.0. The van der Waals surface area contributed by atoms with Crippen LogP contribution in [0.1, 0.15) is 37.7 Å². The highest BCUT2D eigenvalue weighted by atomic mass is 35.5. The summed E-state index contributed by atoms with van der Waals surface area (Å²) in [6.07, 6.45) is 4.38. The van der Waals surface area contributed by atoms with Gasteiger partial charge in [-0.1, -0.05) is 42.1 Å². The second-order valence-corrected chi connectivity index (χ2v) is 7.02. The molecular formula is C17H28BCl4NO4. The Bertz CT molecular complexity index is 538. The first-order valence-electron chi connectivity index (χ1n) is 8.63. The fourth-order valence-electron chi connectivity index (χ4n) is 2.65. The number of rotatable bonds is 13. The number of halogens is 4. The molecule has 0 amide bonds. The zero-order valence-electron chi connectivity index (χ0n) is 15.1. The largest absolute Gasteiger partial charge is 0.481 e. The zero-order valence-corrected chi connectivity index (χ0v) is 18.2. The molecule has 0 aliphatic heterocycles. The molecule has 1 aromatic rings. The van der Waals surface area contributed by atoms with Crippen molar-refractivity contribution in [2.45, 2.75) is 44.8 Å². The predicted octanol–water partition coefficient (Wildman–Crippen LogP) is 4.09. The van der Waals surface area contributed by atoms with Crippen LogP contribution in [0.15, 0.2) is 18.2 Å². The van der Waals surface area contributed by atoms with E-state index in [2.05, 4.69) is 5.32 Å². The van der Waals surface area contributed by atoms with Crippen molar-refractivity contribution in [3.8, 4) is 0 Å². The molecule has 5 nitrogen and oxygen atoms in total. The van der Waals surface area contributed by atoms with Gasteiger partial charge in [-0.2, -0.15) is 0 Å². The van der Waals surface area contributed by atoms with Crippen LogP contribution in [0.3, 0.4) is 0 Å². The molecule has 0 aromatic heterocycles. The molecule has 0 bridgehead atoms. The molecule has 0 spiro atoms. The Balaban J connectivity index is 0. The molecule has 0 saturated heterocycles. The predicted molar refractivity (Wildman–Crippen MR) is 117 cm³/mol. The molecule has 1 unspecified atom stereocenters. The molecule has 0 heterocycles. The third-order valence-corrected chi connectivity index (χ3v) is 4.69. The number of aliphatic carboxylic acids is 1. The van der Waals surface area contributed by atoms with Gasteiger partial charge in [-0.05, 0) is 62.8 Å².